The number of benzene rings is 3. The van der Waals surface area contributed by atoms with Crippen molar-refractivity contribution in [1.29, 1.82) is 0 Å². The summed E-state index contributed by atoms with van der Waals surface area (Å²) in [5.74, 6) is -1.40. The lowest BCUT2D eigenvalue weighted by molar-refractivity contribution is -0.115. The molecule has 0 bridgehead atoms. The second-order valence-electron chi connectivity index (χ2n) is 6.23. The van der Waals surface area contributed by atoms with E-state index in [9.17, 15) is 14.7 Å². The lowest BCUT2D eigenvalue weighted by Gasteiger charge is -2.14. The maximum Gasteiger partial charge on any atom is 0.178 e. The van der Waals surface area contributed by atoms with Crippen LogP contribution < -0.4 is 4.74 Å². The fourth-order valence-electron chi connectivity index (χ4n) is 2.92. The Hall–Kier alpha value is -3.66. The number of aliphatic hydroxyl groups is 1. The number of Topliss-reactive ketones (excluding diaryl/α,β-unsaturated/α-hetero) is 1. The Kier molecular flexibility index (Phi) is 6.02. The maximum atomic E-state index is 13.1. The van der Waals surface area contributed by atoms with E-state index in [0.29, 0.717) is 22.4 Å². The van der Waals surface area contributed by atoms with Crippen LogP contribution in [0.3, 0.4) is 0 Å². The zero-order valence-corrected chi connectivity index (χ0v) is 15.4. The van der Waals surface area contributed by atoms with Gasteiger partial charge >= 0.3 is 0 Å². The van der Waals surface area contributed by atoms with Gasteiger partial charge < -0.3 is 9.84 Å². The molecule has 0 aliphatic carbocycles. The van der Waals surface area contributed by atoms with Crippen molar-refractivity contribution in [3.05, 3.63) is 108 Å². The van der Waals surface area contributed by atoms with Gasteiger partial charge in [-0.2, -0.15) is 0 Å². The van der Waals surface area contributed by atoms with E-state index in [4.69, 9.17) is 4.74 Å². The molecule has 3 rings (SSSR count). The van der Waals surface area contributed by atoms with Crippen molar-refractivity contribution in [2.45, 2.75) is 5.92 Å². The van der Waals surface area contributed by atoms with Crippen molar-refractivity contribution in [1.82, 2.24) is 0 Å². The number of hydrogen-bond acceptors (Lipinski definition) is 4. The monoisotopic (exact) mass is 372 g/mol. The summed E-state index contributed by atoms with van der Waals surface area (Å²) in [5, 5.41) is 10.3. The molecule has 140 valence electrons. The minimum Gasteiger partial charge on any atom is -0.507 e. The summed E-state index contributed by atoms with van der Waals surface area (Å²) in [7, 11) is 1.55. The van der Waals surface area contributed by atoms with Crippen LogP contribution in [0.4, 0.5) is 0 Å². The Labute approximate surface area is 163 Å². The summed E-state index contributed by atoms with van der Waals surface area (Å²) < 4.78 is 5.12. The van der Waals surface area contributed by atoms with Crippen LogP contribution in [-0.4, -0.2) is 23.8 Å². The van der Waals surface area contributed by atoms with Crippen LogP contribution in [0.25, 0.3) is 5.76 Å². The van der Waals surface area contributed by atoms with E-state index in [1.54, 1.807) is 79.9 Å². The molecule has 0 fully saturated rings. The molecule has 4 nitrogen and oxygen atoms in total. The first-order valence-electron chi connectivity index (χ1n) is 8.83. The van der Waals surface area contributed by atoms with Crippen LogP contribution in [0.5, 0.6) is 5.75 Å². The van der Waals surface area contributed by atoms with Crippen LogP contribution in [0.15, 0.2) is 91.0 Å². The highest BCUT2D eigenvalue weighted by Crippen LogP contribution is 2.25. The largest absolute Gasteiger partial charge is 0.507 e. The molecule has 0 amide bonds. The molecule has 1 N–H and O–H groups in total. The maximum absolute atomic E-state index is 13.1. The Bertz CT molecular complexity index is 974. The second kappa shape index (κ2) is 8.82. The molecule has 4 heteroatoms. The van der Waals surface area contributed by atoms with Crippen LogP contribution >= 0.6 is 0 Å². The van der Waals surface area contributed by atoms with Crippen molar-refractivity contribution < 1.29 is 19.4 Å². The predicted molar refractivity (Wildman–Crippen MR) is 109 cm³/mol. The molecule has 0 aromatic heterocycles. The van der Waals surface area contributed by atoms with Gasteiger partial charge in [0.25, 0.3) is 0 Å². The Morgan fingerprint density at radius 3 is 1.96 bits per heavy atom. The normalized spacial score (nSPS) is 12.2. The molecule has 28 heavy (non-hydrogen) atoms. The molecule has 0 saturated heterocycles. The van der Waals surface area contributed by atoms with Gasteiger partial charge in [-0.25, -0.2) is 0 Å². The van der Waals surface area contributed by atoms with Crippen LogP contribution in [0, 0.1) is 0 Å². The standard InChI is InChI=1S/C24H20O4/c1-28-20-14-12-19(13-15-20)24(27)23(18-10-6-3-7-11-18)22(26)16-21(25)17-8-4-2-5-9-17/h2-16,23,25H,1H3/t23-/m1/s1. The van der Waals surface area contributed by atoms with Crippen LogP contribution in [-0.2, 0) is 4.79 Å². The molecule has 0 aliphatic heterocycles. The number of rotatable bonds is 7. The van der Waals surface area contributed by atoms with Crippen molar-refractivity contribution in [2.75, 3.05) is 7.11 Å². The third kappa shape index (κ3) is 4.35. The molecular weight excluding hydrogens is 352 g/mol. The number of methoxy groups -OCH3 is 1. The van der Waals surface area contributed by atoms with E-state index < -0.39 is 11.7 Å². The molecule has 0 saturated carbocycles. The lowest BCUT2D eigenvalue weighted by Crippen LogP contribution is -2.21. The second-order valence-corrected chi connectivity index (χ2v) is 6.23. The van der Waals surface area contributed by atoms with Crippen molar-refractivity contribution >= 4 is 17.3 Å². The minimum atomic E-state index is -1.04. The number of allylic oxidation sites excluding steroid dienone is 1. The smallest absolute Gasteiger partial charge is 0.178 e. The minimum absolute atomic E-state index is 0.172. The van der Waals surface area contributed by atoms with Gasteiger partial charge in [0.2, 0.25) is 0 Å². The van der Waals surface area contributed by atoms with Gasteiger partial charge in [-0.3, -0.25) is 9.59 Å². The Balaban J connectivity index is 1.97. The van der Waals surface area contributed by atoms with Crippen LogP contribution in [0.2, 0.25) is 0 Å². The number of aliphatic hydroxyl groups excluding tert-OH is 1. The summed E-state index contributed by atoms with van der Waals surface area (Å²) in [6.07, 6.45) is 1.12. The SMILES string of the molecule is COc1ccc(C(=O)[C@@H](C(=O)C=C(O)c2ccccc2)c2ccccc2)cc1. The fourth-order valence-corrected chi connectivity index (χ4v) is 2.92. The third-order valence-electron chi connectivity index (χ3n) is 4.40. The molecule has 0 spiro atoms. The van der Waals surface area contributed by atoms with E-state index in [1.165, 1.54) is 0 Å². The average Bonchev–Trinajstić information content (AvgIpc) is 2.75. The van der Waals surface area contributed by atoms with E-state index in [0.717, 1.165) is 6.08 Å². The molecule has 0 radical (unpaired) electrons. The van der Waals surface area contributed by atoms with Gasteiger partial charge in [0, 0.05) is 17.2 Å². The van der Waals surface area contributed by atoms with Crippen LogP contribution in [0.1, 0.15) is 27.4 Å². The van der Waals surface area contributed by atoms with Gasteiger partial charge in [-0.15, -0.1) is 0 Å². The van der Waals surface area contributed by atoms with E-state index in [-0.39, 0.29) is 11.5 Å². The van der Waals surface area contributed by atoms with Gasteiger partial charge in [-0.05, 0) is 29.8 Å². The summed E-state index contributed by atoms with van der Waals surface area (Å²) in [4.78, 5) is 26.1. The molecule has 0 unspecified atom stereocenters. The molecule has 1 atom stereocenters. The first-order valence-corrected chi connectivity index (χ1v) is 8.83. The van der Waals surface area contributed by atoms with Crippen molar-refractivity contribution in [3.8, 4) is 5.75 Å². The Morgan fingerprint density at radius 1 is 0.821 bits per heavy atom. The van der Waals surface area contributed by atoms with Gasteiger partial charge in [0.05, 0.1) is 7.11 Å². The summed E-state index contributed by atoms with van der Waals surface area (Å²) in [6, 6.07) is 24.2. The highest BCUT2D eigenvalue weighted by atomic mass is 16.5. The summed E-state index contributed by atoms with van der Waals surface area (Å²) in [6.45, 7) is 0. The molecule has 0 heterocycles. The quantitative estimate of drug-likeness (QED) is 0.279. The van der Waals surface area contributed by atoms with Gasteiger partial charge in [0.1, 0.15) is 17.4 Å². The Morgan fingerprint density at radius 2 is 1.39 bits per heavy atom. The average molecular weight is 372 g/mol. The number of carbonyl (C=O) groups is 2. The first-order chi connectivity index (χ1) is 13.6. The molecule has 3 aromatic carbocycles. The van der Waals surface area contributed by atoms with E-state index in [2.05, 4.69) is 0 Å². The predicted octanol–water partition coefficient (Wildman–Crippen LogP) is 4.83. The fraction of sp³-hybridized carbons (Fsp3) is 0.0833. The zero-order chi connectivity index (χ0) is 19.9. The van der Waals surface area contributed by atoms with Gasteiger partial charge in [-0.1, -0.05) is 60.7 Å². The number of ether oxygens (including phenoxy) is 1. The van der Waals surface area contributed by atoms with Crippen molar-refractivity contribution in [3.63, 3.8) is 0 Å². The van der Waals surface area contributed by atoms with Gasteiger partial charge in [0.15, 0.2) is 11.6 Å². The number of hydrogen-bond donors (Lipinski definition) is 1. The molecule has 3 aromatic rings. The van der Waals surface area contributed by atoms with Crippen molar-refractivity contribution in [2.24, 2.45) is 0 Å². The zero-order valence-electron chi connectivity index (χ0n) is 15.4. The number of ketones is 2. The topological polar surface area (TPSA) is 63.6 Å². The number of carbonyl (C=O) groups excluding carboxylic acids is 2. The van der Waals surface area contributed by atoms with E-state index >= 15 is 0 Å². The van der Waals surface area contributed by atoms with E-state index in [1.807, 2.05) is 12.1 Å². The summed E-state index contributed by atoms with van der Waals surface area (Å²) in [5.41, 5.74) is 1.49. The third-order valence-corrected chi connectivity index (χ3v) is 4.40. The summed E-state index contributed by atoms with van der Waals surface area (Å²) >= 11 is 0. The lowest BCUT2D eigenvalue weighted by atomic mass is 9.86. The molecule has 0 aliphatic rings. The molecular formula is C24H20O4. The highest BCUT2D eigenvalue weighted by molar-refractivity contribution is 6.19. The first kappa shape index (κ1) is 19.1. The highest BCUT2D eigenvalue weighted by Gasteiger charge is 2.28.